The molecule has 1 aromatic heterocycles. The largest absolute Gasteiger partial charge is 0.306 e. The molecule has 0 saturated heterocycles. The fourth-order valence-corrected chi connectivity index (χ4v) is 2.80. The van der Waals surface area contributed by atoms with E-state index in [9.17, 15) is 4.39 Å². The van der Waals surface area contributed by atoms with Crippen molar-refractivity contribution in [3.05, 3.63) is 57.5 Å². The van der Waals surface area contributed by atoms with E-state index >= 15 is 0 Å². The fraction of sp³-hybridized carbons (Fsp3) is 0.333. The molecule has 1 heterocycles. The van der Waals surface area contributed by atoms with Crippen LogP contribution in [0.3, 0.4) is 0 Å². The predicted octanol–water partition coefficient (Wildman–Crippen LogP) is 4.28. The molecule has 0 aliphatic carbocycles. The van der Waals surface area contributed by atoms with Gasteiger partial charge in [0.05, 0.1) is 6.04 Å². The van der Waals surface area contributed by atoms with E-state index in [1.54, 1.807) is 17.4 Å². The summed E-state index contributed by atoms with van der Waals surface area (Å²) in [6.07, 6.45) is 1.09. The second-order valence-electron chi connectivity index (χ2n) is 4.41. The van der Waals surface area contributed by atoms with Crippen LogP contribution in [0.15, 0.2) is 35.7 Å². The summed E-state index contributed by atoms with van der Waals surface area (Å²) in [5, 5.41) is 5.60. The molecule has 1 N–H and O–H groups in total. The van der Waals surface area contributed by atoms with Crippen LogP contribution < -0.4 is 5.32 Å². The van der Waals surface area contributed by atoms with E-state index in [-0.39, 0.29) is 11.9 Å². The third kappa shape index (κ3) is 2.98. The molecule has 0 bridgehead atoms. The van der Waals surface area contributed by atoms with Crippen molar-refractivity contribution in [3.63, 3.8) is 0 Å². The molecule has 2 rings (SSSR count). The van der Waals surface area contributed by atoms with Crippen molar-refractivity contribution in [2.45, 2.75) is 26.3 Å². The minimum Gasteiger partial charge on any atom is -0.306 e. The van der Waals surface area contributed by atoms with E-state index in [4.69, 9.17) is 0 Å². The van der Waals surface area contributed by atoms with Crippen molar-refractivity contribution in [1.82, 2.24) is 5.32 Å². The molecule has 0 aliphatic rings. The van der Waals surface area contributed by atoms with Gasteiger partial charge in [0.2, 0.25) is 0 Å². The number of rotatable bonds is 5. The van der Waals surface area contributed by atoms with Crippen molar-refractivity contribution >= 4 is 11.3 Å². The number of benzene rings is 1. The number of thiophene rings is 1. The van der Waals surface area contributed by atoms with Crippen molar-refractivity contribution in [2.75, 3.05) is 6.54 Å². The van der Waals surface area contributed by atoms with Gasteiger partial charge in [-0.3, -0.25) is 0 Å². The summed E-state index contributed by atoms with van der Waals surface area (Å²) < 4.78 is 13.3. The van der Waals surface area contributed by atoms with Crippen LogP contribution in [0.2, 0.25) is 0 Å². The summed E-state index contributed by atoms with van der Waals surface area (Å²) in [4.78, 5) is 1.27. The van der Waals surface area contributed by atoms with Crippen molar-refractivity contribution in [1.29, 1.82) is 0 Å². The minimum atomic E-state index is -0.140. The Morgan fingerprint density at radius 3 is 2.78 bits per heavy atom. The van der Waals surface area contributed by atoms with Gasteiger partial charge in [-0.15, -0.1) is 11.3 Å². The SMILES string of the molecule is CCCNC(c1ccc(F)c(C)c1)c1cccs1. The van der Waals surface area contributed by atoms with E-state index < -0.39 is 0 Å². The van der Waals surface area contributed by atoms with Crippen LogP contribution >= 0.6 is 11.3 Å². The van der Waals surface area contributed by atoms with Crippen LogP contribution in [0.5, 0.6) is 0 Å². The second-order valence-corrected chi connectivity index (χ2v) is 5.39. The van der Waals surface area contributed by atoms with Crippen LogP contribution in [-0.4, -0.2) is 6.54 Å². The number of hydrogen-bond acceptors (Lipinski definition) is 2. The van der Waals surface area contributed by atoms with Gasteiger partial charge in [0.1, 0.15) is 5.82 Å². The number of hydrogen-bond donors (Lipinski definition) is 1. The number of halogens is 1. The molecule has 1 atom stereocenters. The zero-order chi connectivity index (χ0) is 13.0. The Morgan fingerprint density at radius 2 is 2.17 bits per heavy atom. The highest BCUT2D eigenvalue weighted by Crippen LogP contribution is 2.27. The Balaban J connectivity index is 2.30. The van der Waals surface area contributed by atoms with E-state index in [1.165, 1.54) is 4.88 Å². The molecule has 0 radical (unpaired) electrons. The number of aryl methyl sites for hydroxylation is 1. The normalized spacial score (nSPS) is 12.6. The maximum absolute atomic E-state index is 13.3. The van der Waals surface area contributed by atoms with E-state index in [2.05, 4.69) is 29.8 Å². The lowest BCUT2D eigenvalue weighted by Crippen LogP contribution is -2.22. The molecule has 1 nitrogen and oxygen atoms in total. The van der Waals surface area contributed by atoms with Gasteiger partial charge in [0, 0.05) is 4.88 Å². The summed E-state index contributed by atoms with van der Waals surface area (Å²) in [5.41, 5.74) is 1.83. The third-order valence-corrected chi connectivity index (χ3v) is 3.88. The van der Waals surface area contributed by atoms with Gasteiger partial charge >= 0.3 is 0 Å². The van der Waals surface area contributed by atoms with Gasteiger partial charge in [-0.2, -0.15) is 0 Å². The quantitative estimate of drug-likeness (QED) is 0.848. The lowest BCUT2D eigenvalue weighted by Gasteiger charge is -2.18. The van der Waals surface area contributed by atoms with Crippen LogP contribution in [0.4, 0.5) is 4.39 Å². The molecule has 2 aromatic rings. The van der Waals surface area contributed by atoms with Crippen molar-refractivity contribution in [2.24, 2.45) is 0 Å². The standard InChI is InChI=1S/C15H18FNS/c1-3-8-17-15(14-5-4-9-18-14)12-6-7-13(16)11(2)10-12/h4-7,9-10,15,17H,3,8H2,1-2H3. The van der Waals surface area contributed by atoms with Crippen molar-refractivity contribution in [3.8, 4) is 0 Å². The van der Waals surface area contributed by atoms with Gasteiger partial charge in [-0.1, -0.05) is 25.1 Å². The van der Waals surface area contributed by atoms with Gasteiger partial charge in [0.25, 0.3) is 0 Å². The lowest BCUT2D eigenvalue weighted by molar-refractivity contribution is 0.595. The smallest absolute Gasteiger partial charge is 0.126 e. The van der Waals surface area contributed by atoms with E-state index in [0.717, 1.165) is 18.5 Å². The second kappa shape index (κ2) is 6.12. The molecule has 0 fully saturated rings. The Morgan fingerprint density at radius 1 is 1.33 bits per heavy atom. The molecule has 0 amide bonds. The van der Waals surface area contributed by atoms with Gasteiger partial charge < -0.3 is 5.32 Å². The first-order valence-electron chi connectivity index (χ1n) is 6.25. The Bertz CT molecular complexity index is 493. The Kier molecular flexibility index (Phi) is 4.50. The number of nitrogens with one attached hydrogen (secondary N) is 1. The summed E-state index contributed by atoms with van der Waals surface area (Å²) in [6, 6.07) is 9.70. The topological polar surface area (TPSA) is 12.0 Å². The molecule has 0 spiro atoms. The Hall–Kier alpha value is -1.19. The minimum absolute atomic E-state index is 0.140. The Labute approximate surface area is 112 Å². The highest BCUT2D eigenvalue weighted by Gasteiger charge is 2.15. The van der Waals surface area contributed by atoms with Crippen LogP contribution in [0, 0.1) is 12.7 Å². The first-order chi connectivity index (χ1) is 8.72. The van der Waals surface area contributed by atoms with Gasteiger partial charge in [-0.05, 0) is 48.5 Å². The third-order valence-electron chi connectivity index (χ3n) is 2.94. The maximum atomic E-state index is 13.3. The monoisotopic (exact) mass is 263 g/mol. The van der Waals surface area contributed by atoms with Gasteiger partial charge in [0.15, 0.2) is 0 Å². The summed E-state index contributed by atoms with van der Waals surface area (Å²) in [7, 11) is 0. The predicted molar refractivity (Wildman–Crippen MR) is 75.6 cm³/mol. The van der Waals surface area contributed by atoms with E-state index in [1.807, 2.05) is 19.1 Å². The van der Waals surface area contributed by atoms with Crippen LogP contribution in [0.25, 0.3) is 0 Å². The molecule has 3 heteroatoms. The molecule has 18 heavy (non-hydrogen) atoms. The van der Waals surface area contributed by atoms with E-state index in [0.29, 0.717) is 5.56 Å². The maximum Gasteiger partial charge on any atom is 0.126 e. The fourth-order valence-electron chi connectivity index (χ4n) is 1.97. The van der Waals surface area contributed by atoms with Gasteiger partial charge in [-0.25, -0.2) is 4.39 Å². The zero-order valence-corrected chi connectivity index (χ0v) is 11.6. The zero-order valence-electron chi connectivity index (χ0n) is 10.7. The molecule has 96 valence electrons. The summed E-state index contributed by atoms with van der Waals surface area (Å²) >= 11 is 1.73. The highest BCUT2D eigenvalue weighted by molar-refractivity contribution is 7.10. The molecular weight excluding hydrogens is 245 g/mol. The molecule has 0 saturated carbocycles. The first kappa shape index (κ1) is 13.2. The lowest BCUT2D eigenvalue weighted by atomic mass is 10.0. The highest BCUT2D eigenvalue weighted by atomic mass is 32.1. The van der Waals surface area contributed by atoms with Crippen molar-refractivity contribution < 1.29 is 4.39 Å². The average Bonchev–Trinajstić information content (AvgIpc) is 2.88. The summed E-state index contributed by atoms with van der Waals surface area (Å²) in [5.74, 6) is -0.140. The molecule has 1 unspecified atom stereocenters. The first-order valence-corrected chi connectivity index (χ1v) is 7.13. The average molecular weight is 263 g/mol. The molecular formula is C15H18FNS. The molecule has 1 aromatic carbocycles. The van der Waals surface area contributed by atoms with Crippen LogP contribution in [0.1, 0.15) is 35.4 Å². The summed E-state index contributed by atoms with van der Waals surface area (Å²) in [6.45, 7) is 4.91. The van der Waals surface area contributed by atoms with Crippen LogP contribution in [-0.2, 0) is 0 Å². The molecule has 0 aliphatic heterocycles.